The molecule has 1 N–H and O–H groups in total. The van der Waals surface area contributed by atoms with Crippen molar-refractivity contribution in [3.8, 4) is 0 Å². The monoisotopic (exact) mass is 250 g/mol. The Balaban J connectivity index is 2.13. The highest BCUT2D eigenvalue weighted by atomic mass is 19.1. The van der Waals surface area contributed by atoms with Crippen LogP contribution in [-0.4, -0.2) is 25.0 Å². The van der Waals surface area contributed by atoms with Gasteiger partial charge < -0.3 is 10.2 Å². The first-order chi connectivity index (χ1) is 8.61. The van der Waals surface area contributed by atoms with Crippen LogP contribution in [0.4, 0.5) is 10.1 Å². The van der Waals surface area contributed by atoms with Crippen LogP contribution in [-0.2, 0) is 4.79 Å². The average molecular weight is 250 g/mol. The number of nitrogens with one attached hydrogen (secondary N) is 1. The molecule has 3 nitrogen and oxygen atoms in total. The summed E-state index contributed by atoms with van der Waals surface area (Å²) in [7, 11) is 0. The molecule has 1 atom stereocenters. The number of aryl methyl sites for hydroxylation is 1. The van der Waals surface area contributed by atoms with E-state index in [0.717, 1.165) is 24.9 Å². The van der Waals surface area contributed by atoms with Crippen molar-refractivity contribution in [2.24, 2.45) is 0 Å². The Hall–Kier alpha value is -1.42. The van der Waals surface area contributed by atoms with Crippen molar-refractivity contribution in [1.82, 2.24) is 5.32 Å². The Kier molecular flexibility index (Phi) is 3.97. The Morgan fingerprint density at radius 2 is 2.22 bits per heavy atom. The van der Waals surface area contributed by atoms with Gasteiger partial charge in [-0.25, -0.2) is 4.39 Å². The minimum Gasteiger partial charge on any atom is -0.311 e. The number of hydrogen-bond acceptors (Lipinski definition) is 2. The zero-order chi connectivity index (χ0) is 13.1. The molecule has 0 aliphatic carbocycles. The summed E-state index contributed by atoms with van der Waals surface area (Å²) in [5, 5.41) is 3.23. The predicted octanol–water partition coefficient (Wildman–Crippen LogP) is 2.24. The summed E-state index contributed by atoms with van der Waals surface area (Å²) in [6.45, 7) is 5.40. The van der Waals surface area contributed by atoms with Crippen LogP contribution in [0.3, 0.4) is 0 Å². The highest BCUT2D eigenvalue weighted by Crippen LogP contribution is 2.23. The van der Waals surface area contributed by atoms with Gasteiger partial charge in [-0.15, -0.1) is 0 Å². The molecule has 2 rings (SSSR count). The molecule has 98 valence electrons. The second-order valence-corrected chi connectivity index (χ2v) is 4.77. The topological polar surface area (TPSA) is 32.3 Å². The third-order valence-electron chi connectivity index (χ3n) is 3.18. The second kappa shape index (κ2) is 5.48. The molecule has 1 aromatic rings. The van der Waals surface area contributed by atoms with E-state index < -0.39 is 0 Å². The highest BCUT2D eigenvalue weighted by molar-refractivity contribution is 5.99. The van der Waals surface area contributed by atoms with Gasteiger partial charge in [-0.1, -0.05) is 6.92 Å². The first-order valence-electron chi connectivity index (χ1n) is 6.43. The maximum Gasteiger partial charge on any atom is 0.244 e. The van der Waals surface area contributed by atoms with Gasteiger partial charge in [0.1, 0.15) is 5.82 Å². The van der Waals surface area contributed by atoms with Crippen molar-refractivity contribution in [2.75, 3.05) is 18.0 Å². The smallest absolute Gasteiger partial charge is 0.244 e. The van der Waals surface area contributed by atoms with Gasteiger partial charge in [0.05, 0.1) is 6.04 Å². The zero-order valence-corrected chi connectivity index (χ0v) is 10.9. The molecule has 0 bridgehead atoms. The lowest BCUT2D eigenvalue weighted by Gasteiger charge is -2.18. The van der Waals surface area contributed by atoms with E-state index in [1.165, 1.54) is 12.1 Å². The molecule has 18 heavy (non-hydrogen) atoms. The second-order valence-electron chi connectivity index (χ2n) is 4.77. The number of rotatable bonds is 4. The molecule has 1 unspecified atom stereocenters. The molecule has 1 fully saturated rings. The lowest BCUT2D eigenvalue weighted by Crippen LogP contribution is -2.38. The van der Waals surface area contributed by atoms with Gasteiger partial charge in [0.25, 0.3) is 0 Å². The van der Waals surface area contributed by atoms with E-state index in [9.17, 15) is 9.18 Å². The molecule has 0 aromatic heterocycles. The molecule has 1 aliphatic rings. The summed E-state index contributed by atoms with van der Waals surface area (Å²) in [5.41, 5.74) is 1.50. The molecule has 1 saturated heterocycles. The summed E-state index contributed by atoms with van der Waals surface area (Å²) in [6.07, 6.45) is 1.79. The maximum absolute atomic E-state index is 13.4. The molecular formula is C14H19FN2O. The van der Waals surface area contributed by atoms with Crippen LogP contribution in [0.25, 0.3) is 0 Å². The Bertz CT molecular complexity index is 427. The number of hydrogen-bond donors (Lipinski definition) is 1. The highest BCUT2D eigenvalue weighted by Gasteiger charge is 2.32. The fourth-order valence-corrected chi connectivity index (χ4v) is 2.32. The van der Waals surface area contributed by atoms with Gasteiger partial charge in [0.2, 0.25) is 5.91 Å². The van der Waals surface area contributed by atoms with Crippen molar-refractivity contribution in [1.29, 1.82) is 0 Å². The summed E-state index contributed by atoms with van der Waals surface area (Å²) in [5.74, 6) is -0.240. The fourth-order valence-electron chi connectivity index (χ4n) is 2.32. The van der Waals surface area contributed by atoms with E-state index in [2.05, 4.69) is 12.2 Å². The summed E-state index contributed by atoms with van der Waals surface area (Å²) in [4.78, 5) is 13.8. The average Bonchev–Trinajstić information content (AvgIpc) is 2.67. The number of carbonyl (C=O) groups excluding carboxylic acids is 1. The third kappa shape index (κ3) is 2.70. The van der Waals surface area contributed by atoms with E-state index in [4.69, 9.17) is 0 Å². The molecule has 1 aromatic carbocycles. The minimum absolute atomic E-state index is 0.0495. The van der Waals surface area contributed by atoms with E-state index in [1.54, 1.807) is 4.90 Å². The van der Waals surface area contributed by atoms with Crippen LogP contribution in [0.1, 0.15) is 25.3 Å². The molecule has 0 saturated carbocycles. The summed E-state index contributed by atoms with van der Waals surface area (Å²) in [6, 6.07) is 4.63. The molecule has 0 radical (unpaired) electrons. The van der Waals surface area contributed by atoms with Gasteiger partial charge in [-0.05, 0) is 50.1 Å². The van der Waals surface area contributed by atoms with E-state index >= 15 is 0 Å². The van der Waals surface area contributed by atoms with Gasteiger partial charge in [0.15, 0.2) is 0 Å². The van der Waals surface area contributed by atoms with E-state index in [1.807, 2.05) is 13.0 Å². The van der Waals surface area contributed by atoms with Crippen molar-refractivity contribution in [3.63, 3.8) is 0 Å². The standard InChI is InChI=1S/C14H19FN2O/c1-3-5-16-13-4-6-17(14(13)18)12-8-10(2)7-11(15)9-12/h7-9,13,16H,3-6H2,1-2H3. The number of benzene rings is 1. The molecule has 1 aliphatic heterocycles. The van der Waals surface area contributed by atoms with Crippen molar-refractivity contribution >= 4 is 11.6 Å². The quantitative estimate of drug-likeness (QED) is 0.888. The van der Waals surface area contributed by atoms with Gasteiger partial charge >= 0.3 is 0 Å². The van der Waals surface area contributed by atoms with Crippen LogP contribution >= 0.6 is 0 Å². The van der Waals surface area contributed by atoms with Crippen LogP contribution in [0.2, 0.25) is 0 Å². The van der Waals surface area contributed by atoms with Crippen molar-refractivity contribution < 1.29 is 9.18 Å². The van der Waals surface area contributed by atoms with Gasteiger partial charge in [0, 0.05) is 12.2 Å². The number of halogens is 1. The fraction of sp³-hybridized carbons (Fsp3) is 0.500. The normalized spacial score (nSPS) is 19.6. The maximum atomic E-state index is 13.4. The molecule has 0 spiro atoms. The van der Waals surface area contributed by atoms with Crippen LogP contribution in [0.5, 0.6) is 0 Å². The van der Waals surface area contributed by atoms with Crippen LogP contribution < -0.4 is 10.2 Å². The zero-order valence-electron chi connectivity index (χ0n) is 10.9. The van der Waals surface area contributed by atoms with Crippen LogP contribution in [0.15, 0.2) is 18.2 Å². The first-order valence-corrected chi connectivity index (χ1v) is 6.43. The van der Waals surface area contributed by atoms with Crippen LogP contribution in [0, 0.1) is 12.7 Å². The Morgan fingerprint density at radius 3 is 2.89 bits per heavy atom. The Morgan fingerprint density at radius 1 is 1.44 bits per heavy atom. The van der Waals surface area contributed by atoms with Crippen molar-refractivity contribution in [2.45, 2.75) is 32.7 Å². The van der Waals surface area contributed by atoms with E-state index in [0.29, 0.717) is 12.2 Å². The van der Waals surface area contributed by atoms with Gasteiger partial charge in [-0.3, -0.25) is 4.79 Å². The van der Waals surface area contributed by atoms with E-state index in [-0.39, 0.29) is 17.8 Å². The largest absolute Gasteiger partial charge is 0.311 e. The number of nitrogens with zero attached hydrogens (tertiary/aromatic N) is 1. The lowest BCUT2D eigenvalue weighted by atomic mass is 10.2. The summed E-state index contributed by atoms with van der Waals surface area (Å²) < 4.78 is 13.4. The number of carbonyl (C=O) groups is 1. The molecular weight excluding hydrogens is 231 g/mol. The summed E-state index contributed by atoms with van der Waals surface area (Å²) >= 11 is 0. The molecule has 1 amide bonds. The Labute approximate surface area is 107 Å². The minimum atomic E-state index is -0.289. The first kappa shape index (κ1) is 13.0. The SMILES string of the molecule is CCCNC1CCN(c2cc(C)cc(F)c2)C1=O. The number of anilines is 1. The van der Waals surface area contributed by atoms with Crippen molar-refractivity contribution in [3.05, 3.63) is 29.6 Å². The third-order valence-corrected chi connectivity index (χ3v) is 3.18. The molecule has 1 heterocycles. The van der Waals surface area contributed by atoms with Gasteiger partial charge in [-0.2, -0.15) is 0 Å². The molecule has 4 heteroatoms. The predicted molar refractivity (Wildman–Crippen MR) is 70.2 cm³/mol. The number of amides is 1. The lowest BCUT2D eigenvalue weighted by molar-refractivity contribution is -0.118.